The van der Waals surface area contributed by atoms with Crippen LogP contribution in [0, 0.1) is 0 Å². The van der Waals surface area contributed by atoms with Gasteiger partial charge in [0.05, 0.1) is 32.5 Å². The van der Waals surface area contributed by atoms with E-state index in [9.17, 15) is 19.5 Å². The van der Waals surface area contributed by atoms with Crippen LogP contribution in [0.5, 0.6) is 0 Å². The minimum absolute atomic E-state index is 0.136. The van der Waals surface area contributed by atoms with E-state index in [0.717, 1.165) is 19.6 Å². The third-order valence-electron chi connectivity index (χ3n) is 6.14. The Hall–Kier alpha value is -2.57. The van der Waals surface area contributed by atoms with Crippen LogP contribution in [0.2, 0.25) is 0 Å². The first-order chi connectivity index (χ1) is 16.0. The molecule has 2 fully saturated rings. The number of piperidine rings is 1. The van der Waals surface area contributed by atoms with E-state index in [1.165, 1.54) is 4.90 Å². The summed E-state index contributed by atoms with van der Waals surface area (Å²) in [4.78, 5) is 40.1. The Bertz CT molecular complexity index is 890. The molecule has 2 atom stereocenters. The number of ether oxygens (including phenoxy) is 2. The number of fused-ring (bicyclic) bond motifs is 1. The smallest absolute Gasteiger partial charge is 0.257 e. The molecule has 2 unspecified atom stereocenters. The average Bonchev–Trinajstić information content (AvgIpc) is 3.02. The van der Waals surface area contributed by atoms with Crippen LogP contribution in [0.1, 0.15) is 35.0 Å². The number of carbonyl (C=O) groups excluding carboxylic acids is 3. The van der Waals surface area contributed by atoms with Crippen LogP contribution in [-0.2, 0) is 19.1 Å². The number of benzene rings is 1. The quantitative estimate of drug-likeness (QED) is 0.241. The minimum Gasteiger partial charge on any atom is -0.379 e. The molecule has 3 aliphatic heterocycles. The third-order valence-corrected chi connectivity index (χ3v) is 6.14. The van der Waals surface area contributed by atoms with Gasteiger partial charge in [-0.2, -0.15) is 0 Å². The summed E-state index contributed by atoms with van der Waals surface area (Å²) in [6.45, 7) is 5.19. The lowest BCUT2D eigenvalue weighted by atomic mass is 10.0. The Morgan fingerprint density at radius 1 is 1.12 bits per heavy atom. The van der Waals surface area contributed by atoms with Crippen molar-refractivity contribution in [2.45, 2.75) is 31.2 Å². The monoisotopic (exact) mass is 461 g/mol. The molecular formula is C22H31N5O6. The summed E-state index contributed by atoms with van der Waals surface area (Å²) in [7, 11) is 0. The van der Waals surface area contributed by atoms with E-state index in [2.05, 4.69) is 15.5 Å². The molecule has 11 nitrogen and oxygen atoms in total. The molecule has 1 aromatic carbocycles. The maximum Gasteiger partial charge on any atom is 0.257 e. The molecule has 0 aromatic heterocycles. The lowest BCUT2D eigenvalue weighted by Crippen LogP contribution is -2.55. The van der Waals surface area contributed by atoms with Crippen LogP contribution >= 0.6 is 0 Å². The molecule has 3 amide bonds. The van der Waals surface area contributed by atoms with Crippen molar-refractivity contribution in [1.82, 2.24) is 15.1 Å². The Labute approximate surface area is 192 Å². The Balaban J connectivity index is 1.29. The number of aliphatic hydroxyl groups is 1. The maximum atomic E-state index is 13.0. The number of rotatable bonds is 11. The molecule has 0 radical (unpaired) electrons. The number of aliphatic hydroxyl groups excluding tert-OH is 1. The SMILES string of the molecule is NCCOCCOCCN1CC(Nc2cccc3c2C(O)N(C2CCC(=O)NC2=O)C3=O)C1. The first-order valence-corrected chi connectivity index (χ1v) is 11.3. The predicted octanol–water partition coefficient (Wildman–Crippen LogP) is -0.973. The largest absolute Gasteiger partial charge is 0.379 e. The molecule has 33 heavy (non-hydrogen) atoms. The van der Waals surface area contributed by atoms with E-state index in [1.54, 1.807) is 12.1 Å². The second-order valence-electron chi connectivity index (χ2n) is 8.43. The maximum absolute atomic E-state index is 13.0. The second-order valence-corrected chi connectivity index (χ2v) is 8.43. The van der Waals surface area contributed by atoms with Crippen molar-refractivity contribution in [1.29, 1.82) is 0 Å². The van der Waals surface area contributed by atoms with Crippen molar-refractivity contribution in [2.75, 3.05) is 57.9 Å². The summed E-state index contributed by atoms with van der Waals surface area (Å²) in [5, 5.41) is 16.6. The van der Waals surface area contributed by atoms with Gasteiger partial charge in [-0.05, 0) is 18.6 Å². The molecule has 2 saturated heterocycles. The van der Waals surface area contributed by atoms with Crippen molar-refractivity contribution >= 4 is 23.4 Å². The fourth-order valence-corrected chi connectivity index (χ4v) is 4.47. The highest BCUT2D eigenvalue weighted by atomic mass is 16.5. The van der Waals surface area contributed by atoms with Crippen LogP contribution in [0.3, 0.4) is 0 Å². The minimum atomic E-state index is -1.24. The van der Waals surface area contributed by atoms with E-state index < -0.39 is 24.1 Å². The molecule has 3 aliphatic rings. The van der Waals surface area contributed by atoms with Crippen LogP contribution in [0.15, 0.2) is 18.2 Å². The zero-order chi connectivity index (χ0) is 23.4. The van der Waals surface area contributed by atoms with Crippen LogP contribution in [0.25, 0.3) is 0 Å². The first-order valence-electron chi connectivity index (χ1n) is 11.3. The van der Waals surface area contributed by atoms with Gasteiger partial charge in [-0.3, -0.25) is 29.5 Å². The molecule has 0 spiro atoms. The molecule has 3 heterocycles. The van der Waals surface area contributed by atoms with Crippen molar-refractivity contribution in [2.24, 2.45) is 5.73 Å². The summed E-state index contributed by atoms with van der Waals surface area (Å²) >= 11 is 0. The van der Waals surface area contributed by atoms with Gasteiger partial charge >= 0.3 is 0 Å². The van der Waals surface area contributed by atoms with Crippen molar-refractivity contribution < 1.29 is 29.0 Å². The van der Waals surface area contributed by atoms with Crippen molar-refractivity contribution in [3.8, 4) is 0 Å². The number of anilines is 1. The summed E-state index contributed by atoms with van der Waals surface area (Å²) < 4.78 is 10.8. The summed E-state index contributed by atoms with van der Waals surface area (Å²) in [5.74, 6) is -1.32. The molecule has 5 N–H and O–H groups in total. The van der Waals surface area contributed by atoms with Gasteiger partial charge < -0.3 is 25.6 Å². The van der Waals surface area contributed by atoms with E-state index >= 15 is 0 Å². The standard InChI is InChI=1S/C22H31N5O6/c23-6-8-32-10-11-33-9-7-26-12-14(13-26)24-16-3-1-2-15-19(16)22(31)27(21(15)30)17-4-5-18(28)25-20(17)29/h1-3,14,17,22,24,31H,4-13,23H2,(H,25,28,29). The van der Waals surface area contributed by atoms with E-state index in [1.807, 2.05) is 6.07 Å². The average molecular weight is 462 g/mol. The molecule has 180 valence electrons. The van der Waals surface area contributed by atoms with Crippen LogP contribution in [0.4, 0.5) is 5.69 Å². The third kappa shape index (κ3) is 5.17. The fraction of sp³-hybridized carbons (Fsp3) is 0.591. The highest BCUT2D eigenvalue weighted by molar-refractivity contribution is 6.06. The van der Waals surface area contributed by atoms with Gasteiger partial charge in [-0.25, -0.2) is 0 Å². The Morgan fingerprint density at radius 3 is 2.61 bits per heavy atom. The number of imide groups is 1. The highest BCUT2D eigenvalue weighted by Gasteiger charge is 2.45. The van der Waals surface area contributed by atoms with Crippen LogP contribution in [-0.4, -0.2) is 97.3 Å². The lowest BCUT2D eigenvalue weighted by molar-refractivity contribution is -0.139. The van der Waals surface area contributed by atoms with Gasteiger partial charge in [0, 0.05) is 49.4 Å². The number of likely N-dealkylation sites (tertiary alicyclic amines) is 1. The number of nitrogens with one attached hydrogen (secondary N) is 2. The Morgan fingerprint density at radius 2 is 1.88 bits per heavy atom. The van der Waals surface area contributed by atoms with E-state index in [-0.39, 0.29) is 24.8 Å². The molecule has 0 aliphatic carbocycles. The normalized spacial score (nSPS) is 23.5. The van der Waals surface area contributed by atoms with Gasteiger partial charge in [0.15, 0.2) is 6.23 Å². The highest BCUT2D eigenvalue weighted by Crippen LogP contribution is 2.39. The van der Waals surface area contributed by atoms with E-state index in [4.69, 9.17) is 15.2 Å². The molecule has 0 bridgehead atoms. The number of amides is 3. The zero-order valence-corrected chi connectivity index (χ0v) is 18.5. The van der Waals surface area contributed by atoms with Gasteiger partial charge in [0.1, 0.15) is 6.04 Å². The van der Waals surface area contributed by atoms with E-state index in [0.29, 0.717) is 49.8 Å². The molecule has 11 heteroatoms. The van der Waals surface area contributed by atoms with Crippen LogP contribution < -0.4 is 16.4 Å². The summed E-state index contributed by atoms with van der Waals surface area (Å²) in [6.07, 6.45) is -0.911. The molecule has 0 saturated carbocycles. The molecular weight excluding hydrogens is 430 g/mol. The second kappa shape index (κ2) is 10.6. The van der Waals surface area contributed by atoms with Crippen molar-refractivity contribution in [3.05, 3.63) is 29.3 Å². The lowest BCUT2D eigenvalue weighted by Gasteiger charge is -2.40. The molecule has 1 aromatic rings. The van der Waals surface area contributed by atoms with Crippen molar-refractivity contribution in [3.63, 3.8) is 0 Å². The topological polar surface area (TPSA) is 146 Å². The zero-order valence-electron chi connectivity index (χ0n) is 18.5. The van der Waals surface area contributed by atoms with Gasteiger partial charge in [-0.1, -0.05) is 6.07 Å². The fourth-order valence-electron chi connectivity index (χ4n) is 4.47. The summed E-state index contributed by atoms with van der Waals surface area (Å²) in [6, 6.07) is 4.55. The summed E-state index contributed by atoms with van der Waals surface area (Å²) in [5.41, 5.74) is 6.89. The molecule has 4 rings (SSSR count). The Kier molecular flexibility index (Phi) is 7.56. The number of hydrogen-bond donors (Lipinski definition) is 4. The number of nitrogens with zero attached hydrogens (tertiary/aromatic N) is 2. The number of carbonyl (C=O) groups is 3. The van der Waals surface area contributed by atoms with Gasteiger partial charge in [0.2, 0.25) is 11.8 Å². The van der Waals surface area contributed by atoms with Gasteiger partial charge in [0.25, 0.3) is 5.91 Å². The number of hydrogen-bond acceptors (Lipinski definition) is 9. The first kappa shape index (κ1) is 23.6. The predicted molar refractivity (Wildman–Crippen MR) is 118 cm³/mol. The van der Waals surface area contributed by atoms with Gasteiger partial charge in [-0.15, -0.1) is 0 Å². The number of nitrogens with two attached hydrogens (primary N) is 1.